The van der Waals surface area contributed by atoms with E-state index in [1.165, 1.54) is 11.8 Å². The molecule has 0 radical (unpaired) electrons. The SMILES string of the molecule is CC(NC(=O)CSc1nc2ncc(Cl)cc2[nH]1)c1cccs1. The number of hydrogen-bond acceptors (Lipinski definition) is 5. The number of nitrogens with zero attached hydrogens (tertiary/aromatic N) is 2. The lowest BCUT2D eigenvalue weighted by atomic mass is 10.3. The summed E-state index contributed by atoms with van der Waals surface area (Å²) in [7, 11) is 0. The lowest BCUT2D eigenvalue weighted by Crippen LogP contribution is -2.27. The summed E-state index contributed by atoms with van der Waals surface area (Å²) in [5.74, 6) is 0.265. The van der Waals surface area contributed by atoms with Crippen LogP contribution < -0.4 is 5.32 Å². The molecule has 3 rings (SSSR count). The molecule has 0 saturated carbocycles. The Hall–Kier alpha value is -1.57. The van der Waals surface area contributed by atoms with Crippen LogP contribution in [0.15, 0.2) is 34.9 Å². The van der Waals surface area contributed by atoms with Crippen molar-refractivity contribution in [3.05, 3.63) is 39.7 Å². The zero-order valence-electron chi connectivity index (χ0n) is 11.7. The molecule has 1 amide bonds. The molecule has 1 unspecified atom stereocenters. The number of nitrogens with one attached hydrogen (secondary N) is 2. The van der Waals surface area contributed by atoms with E-state index < -0.39 is 0 Å². The molecule has 0 aromatic carbocycles. The lowest BCUT2D eigenvalue weighted by molar-refractivity contribution is -0.119. The molecule has 8 heteroatoms. The topological polar surface area (TPSA) is 70.7 Å². The van der Waals surface area contributed by atoms with Gasteiger partial charge in [0.1, 0.15) is 0 Å². The second-order valence-electron chi connectivity index (χ2n) is 4.66. The van der Waals surface area contributed by atoms with Crippen molar-refractivity contribution in [3.63, 3.8) is 0 Å². The molecule has 3 heterocycles. The van der Waals surface area contributed by atoms with Crippen molar-refractivity contribution >= 4 is 51.8 Å². The van der Waals surface area contributed by atoms with Crippen molar-refractivity contribution in [2.45, 2.75) is 18.1 Å². The summed E-state index contributed by atoms with van der Waals surface area (Å²) < 4.78 is 0. The average molecular weight is 353 g/mol. The van der Waals surface area contributed by atoms with Crippen LogP contribution >= 0.6 is 34.7 Å². The summed E-state index contributed by atoms with van der Waals surface area (Å²) in [6, 6.07) is 5.77. The highest BCUT2D eigenvalue weighted by atomic mass is 35.5. The predicted molar refractivity (Wildman–Crippen MR) is 90.5 cm³/mol. The van der Waals surface area contributed by atoms with Gasteiger partial charge in [-0.25, -0.2) is 9.97 Å². The number of fused-ring (bicyclic) bond motifs is 1. The number of rotatable bonds is 5. The number of hydrogen-bond donors (Lipinski definition) is 2. The van der Waals surface area contributed by atoms with Gasteiger partial charge in [0.15, 0.2) is 10.8 Å². The molecule has 5 nitrogen and oxygen atoms in total. The zero-order chi connectivity index (χ0) is 15.5. The van der Waals surface area contributed by atoms with Crippen LogP contribution in [0.4, 0.5) is 0 Å². The number of thiophene rings is 1. The molecule has 0 spiro atoms. The van der Waals surface area contributed by atoms with Crippen molar-refractivity contribution in [2.24, 2.45) is 0 Å². The van der Waals surface area contributed by atoms with Crippen molar-refractivity contribution in [2.75, 3.05) is 5.75 Å². The van der Waals surface area contributed by atoms with Gasteiger partial charge in [-0.15, -0.1) is 11.3 Å². The molecule has 3 aromatic heterocycles. The number of carbonyl (C=O) groups is 1. The van der Waals surface area contributed by atoms with E-state index in [4.69, 9.17) is 11.6 Å². The Morgan fingerprint density at radius 2 is 2.45 bits per heavy atom. The Labute approximate surface area is 140 Å². The number of amides is 1. The van der Waals surface area contributed by atoms with Crippen LogP contribution in [0.3, 0.4) is 0 Å². The second kappa shape index (κ2) is 6.68. The maximum Gasteiger partial charge on any atom is 0.230 e. The third kappa shape index (κ3) is 3.60. The van der Waals surface area contributed by atoms with Crippen LogP contribution in [0.25, 0.3) is 11.2 Å². The highest BCUT2D eigenvalue weighted by molar-refractivity contribution is 7.99. The molecule has 0 aliphatic rings. The maximum absolute atomic E-state index is 12.0. The molecule has 1 atom stereocenters. The minimum atomic E-state index is -0.0302. The first-order chi connectivity index (χ1) is 10.6. The summed E-state index contributed by atoms with van der Waals surface area (Å²) in [4.78, 5) is 24.7. The molecular formula is C14H13ClN4OS2. The molecule has 0 aliphatic heterocycles. The van der Waals surface area contributed by atoms with Crippen LogP contribution in [0, 0.1) is 0 Å². The first-order valence-corrected chi connectivity index (χ1v) is 8.83. The van der Waals surface area contributed by atoms with Crippen LogP contribution in [-0.2, 0) is 4.79 Å². The minimum absolute atomic E-state index is 0.0178. The van der Waals surface area contributed by atoms with Crippen LogP contribution in [0.1, 0.15) is 17.8 Å². The van der Waals surface area contributed by atoms with Gasteiger partial charge in [0.05, 0.1) is 22.3 Å². The van der Waals surface area contributed by atoms with Crippen molar-refractivity contribution in [3.8, 4) is 0 Å². The highest BCUT2D eigenvalue weighted by Crippen LogP contribution is 2.21. The highest BCUT2D eigenvalue weighted by Gasteiger charge is 2.12. The third-order valence-corrected chi connectivity index (χ3v) is 5.10. The van der Waals surface area contributed by atoms with Crippen LogP contribution in [0.5, 0.6) is 0 Å². The van der Waals surface area contributed by atoms with E-state index in [9.17, 15) is 4.79 Å². The molecule has 2 N–H and O–H groups in total. The van der Waals surface area contributed by atoms with E-state index in [0.29, 0.717) is 21.6 Å². The van der Waals surface area contributed by atoms with Crippen molar-refractivity contribution < 1.29 is 4.79 Å². The number of thioether (sulfide) groups is 1. The fourth-order valence-corrected chi connectivity index (χ4v) is 3.52. The summed E-state index contributed by atoms with van der Waals surface area (Å²) in [6.45, 7) is 1.97. The van der Waals surface area contributed by atoms with E-state index in [0.717, 1.165) is 10.4 Å². The fourth-order valence-electron chi connectivity index (χ4n) is 1.95. The Kier molecular flexibility index (Phi) is 4.66. The standard InChI is InChI=1S/C14H13ClN4OS2/c1-8(11-3-2-4-21-11)17-12(20)7-22-14-18-10-5-9(15)6-16-13(10)19-14/h2-6,8H,7H2,1H3,(H,17,20)(H,16,18,19). The number of halogens is 1. The molecule has 0 fully saturated rings. The third-order valence-electron chi connectivity index (χ3n) is 2.97. The summed E-state index contributed by atoms with van der Waals surface area (Å²) >= 11 is 8.85. The minimum Gasteiger partial charge on any atom is -0.348 e. The van der Waals surface area contributed by atoms with E-state index in [2.05, 4.69) is 20.3 Å². The quantitative estimate of drug-likeness (QED) is 0.688. The molecule has 0 bridgehead atoms. The number of H-pyrrole nitrogens is 1. The number of pyridine rings is 1. The Balaban J connectivity index is 1.58. The maximum atomic E-state index is 12.0. The Bertz CT molecular complexity index is 787. The molecule has 0 saturated heterocycles. The normalized spacial score (nSPS) is 12.5. The number of aromatic nitrogens is 3. The van der Waals surface area contributed by atoms with Crippen molar-refractivity contribution in [1.82, 2.24) is 20.3 Å². The molecule has 3 aromatic rings. The predicted octanol–water partition coefficient (Wildman–Crippen LogP) is 3.64. The van der Waals surface area contributed by atoms with E-state index in [-0.39, 0.29) is 11.9 Å². The lowest BCUT2D eigenvalue weighted by Gasteiger charge is -2.11. The van der Waals surface area contributed by atoms with Gasteiger partial charge in [-0.2, -0.15) is 0 Å². The van der Waals surface area contributed by atoms with Gasteiger partial charge in [-0.1, -0.05) is 29.4 Å². The summed E-state index contributed by atoms with van der Waals surface area (Å²) in [6.07, 6.45) is 1.55. The van der Waals surface area contributed by atoms with Crippen LogP contribution in [0.2, 0.25) is 5.02 Å². The number of carbonyl (C=O) groups excluding carboxylic acids is 1. The van der Waals surface area contributed by atoms with Gasteiger partial charge < -0.3 is 10.3 Å². The van der Waals surface area contributed by atoms with Crippen LogP contribution in [-0.4, -0.2) is 26.6 Å². The number of imidazole rings is 1. The second-order valence-corrected chi connectivity index (χ2v) is 7.04. The van der Waals surface area contributed by atoms with Gasteiger partial charge in [0, 0.05) is 11.1 Å². The number of aromatic amines is 1. The van der Waals surface area contributed by atoms with Gasteiger partial charge in [-0.3, -0.25) is 4.79 Å². The average Bonchev–Trinajstić information content (AvgIpc) is 3.13. The van der Waals surface area contributed by atoms with Gasteiger partial charge in [0.2, 0.25) is 5.91 Å². The van der Waals surface area contributed by atoms with Gasteiger partial charge in [0.25, 0.3) is 0 Å². The molecule has 114 valence electrons. The van der Waals surface area contributed by atoms with Gasteiger partial charge >= 0.3 is 0 Å². The molecule has 0 aliphatic carbocycles. The summed E-state index contributed by atoms with van der Waals surface area (Å²) in [5, 5.41) is 6.17. The fraction of sp³-hybridized carbons (Fsp3) is 0.214. The largest absolute Gasteiger partial charge is 0.348 e. The smallest absolute Gasteiger partial charge is 0.230 e. The monoisotopic (exact) mass is 352 g/mol. The van der Waals surface area contributed by atoms with Crippen molar-refractivity contribution in [1.29, 1.82) is 0 Å². The molecule has 22 heavy (non-hydrogen) atoms. The summed E-state index contributed by atoms with van der Waals surface area (Å²) in [5.41, 5.74) is 1.36. The first-order valence-electron chi connectivity index (χ1n) is 6.58. The Morgan fingerprint density at radius 1 is 1.59 bits per heavy atom. The van der Waals surface area contributed by atoms with E-state index >= 15 is 0 Å². The van der Waals surface area contributed by atoms with E-state index in [1.54, 1.807) is 23.6 Å². The molecular weight excluding hydrogens is 340 g/mol. The first kappa shape index (κ1) is 15.3. The van der Waals surface area contributed by atoms with E-state index in [1.807, 2.05) is 24.4 Å². The van der Waals surface area contributed by atoms with Gasteiger partial charge in [-0.05, 0) is 24.4 Å². The zero-order valence-corrected chi connectivity index (χ0v) is 14.1. The Morgan fingerprint density at radius 3 is 3.23 bits per heavy atom.